The second kappa shape index (κ2) is 4.61. The third-order valence-electron chi connectivity index (χ3n) is 4.22. The average Bonchev–Trinajstić information content (AvgIpc) is 2.42. The Morgan fingerprint density at radius 1 is 1.12 bits per heavy atom. The molecule has 0 saturated carbocycles. The maximum Gasteiger partial charge on any atom is 0.225 e. The van der Waals surface area contributed by atoms with E-state index in [1.807, 2.05) is 18.5 Å². The molecule has 3 rings (SSSR count). The van der Waals surface area contributed by atoms with E-state index in [0.29, 0.717) is 5.41 Å². The van der Waals surface area contributed by atoms with E-state index in [9.17, 15) is 0 Å². The molecule has 4 heteroatoms. The lowest BCUT2D eigenvalue weighted by Crippen LogP contribution is -2.48. The van der Waals surface area contributed by atoms with Gasteiger partial charge in [0.25, 0.3) is 0 Å². The normalized spacial score (nSPS) is 23.9. The first-order valence-electron chi connectivity index (χ1n) is 6.61. The Kier molecular flexibility index (Phi) is 2.97. The number of piperidine rings is 2. The van der Waals surface area contributed by atoms with Crippen molar-refractivity contribution in [2.45, 2.75) is 25.7 Å². The largest absolute Gasteiger partial charge is 0.341 e. The number of rotatable bonds is 1. The zero-order valence-corrected chi connectivity index (χ0v) is 10.2. The summed E-state index contributed by atoms with van der Waals surface area (Å²) in [6, 6.07) is 1.87. The van der Waals surface area contributed by atoms with Gasteiger partial charge in [-0.15, -0.1) is 0 Å². The van der Waals surface area contributed by atoms with Crippen LogP contribution in [0.25, 0.3) is 0 Å². The summed E-state index contributed by atoms with van der Waals surface area (Å²) in [6.45, 7) is 4.61. The maximum absolute atomic E-state index is 4.34. The molecule has 3 heterocycles. The molecular weight excluding hydrogens is 212 g/mol. The van der Waals surface area contributed by atoms with E-state index in [2.05, 4.69) is 20.2 Å². The molecule has 4 nitrogen and oxygen atoms in total. The highest BCUT2D eigenvalue weighted by molar-refractivity contribution is 5.29. The van der Waals surface area contributed by atoms with E-state index in [1.165, 1.54) is 38.8 Å². The molecule has 0 radical (unpaired) electrons. The molecule has 1 N–H and O–H groups in total. The van der Waals surface area contributed by atoms with Crippen LogP contribution in [-0.2, 0) is 0 Å². The zero-order valence-electron chi connectivity index (χ0n) is 10.2. The minimum absolute atomic E-state index is 0.559. The third kappa shape index (κ3) is 2.27. The molecular formula is C13H20N4. The fourth-order valence-electron chi connectivity index (χ4n) is 3.09. The van der Waals surface area contributed by atoms with E-state index in [-0.39, 0.29) is 0 Å². The summed E-state index contributed by atoms with van der Waals surface area (Å²) < 4.78 is 0. The lowest BCUT2D eigenvalue weighted by Gasteiger charge is -2.44. The molecule has 17 heavy (non-hydrogen) atoms. The number of aromatic nitrogens is 2. The topological polar surface area (TPSA) is 41.1 Å². The lowest BCUT2D eigenvalue weighted by molar-refractivity contribution is 0.161. The molecule has 2 aliphatic heterocycles. The van der Waals surface area contributed by atoms with Crippen LogP contribution in [0.5, 0.6) is 0 Å². The summed E-state index contributed by atoms with van der Waals surface area (Å²) in [6.07, 6.45) is 8.94. The smallest absolute Gasteiger partial charge is 0.225 e. The van der Waals surface area contributed by atoms with Crippen LogP contribution in [0.4, 0.5) is 5.95 Å². The summed E-state index contributed by atoms with van der Waals surface area (Å²) in [5.74, 6) is 0.895. The van der Waals surface area contributed by atoms with E-state index in [1.54, 1.807) is 0 Å². The van der Waals surface area contributed by atoms with E-state index < -0.39 is 0 Å². The van der Waals surface area contributed by atoms with Crippen LogP contribution in [0, 0.1) is 5.41 Å². The molecule has 0 unspecified atom stereocenters. The average molecular weight is 232 g/mol. The molecule has 2 saturated heterocycles. The minimum atomic E-state index is 0.559. The predicted octanol–water partition coefficient (Wildman–Crippen LogP) is 1.45. The number of anilines is 1. The number of nitrogens with zero attached hydrogens (tertiary/aromatic N) is 3. The Morgan fingerprint density at radius 3 is 2.53 bits per heavy atom. The SMILES string of the molecule is c1cnc(N2CCC3(CCCNC3)CC2)nc1. The van der Waals surface area contributed by atoms with Gasteiger partial charge in [0.05, 0.1) is 0 Å². The van der Waals surface area contributed by atoms with Gasteiger partial charge in [0.2, 0.25) is 5.95 Å². The van der Waals surface area contributed by atoms with Crippen LogP contribution >= 0.6 is 0 Å². The predicted molar refractivity (Wildman–Crippen MR) is 68.0 cm³/mol. The van der Waals surface area contributed by atoms with Gasteiger partial charge in [0.15, 0.2) is 0 Å². The van der Waals surface area contributed by atoms with Crippen molar-refractivity contribution in [2.75, 3.05) is 31.1 Å². The second-order valence-electron chi connectivity index (χ2n) is 5.32. The first-order valence-corrected chi connectivity index (χ1v) is 6.61. The summed E-state index contributed by atoms with van der Waals surface area (Å²) >= 11 is 0. The molecule has 1 aromatic rings. The second-order valence-corrected chi connectivity index (χ2v) is 5.32. The van der Waals surface area contributed by atoms with Crippen molar-refractivity contribution in [3.8, 4) is 0 Å². The minimum Gasteiger partial charge on any atom is -0.341 e. The molecule has 0 atom stereocenters. The molecule has 92 valence electrons. The molecule has 0 aliphatic carbocycles. The van der Waals surface area contributed by atoms with Crippen LogP contribution < -0.4 is 10.2 Å². The fraction of sp³-hybridized carbons (Fsp3) is 0.692. The third-order valence-corrected chi connectivity index (χ3v) is 4.22. The molecule has 0 aromatic carbocycles. The van der Waals surface area contributed by atoms with Gasteiger partial charge in [-0.05, 0) is 43.7 Å². The fourth-order valence-corrected chi connectivity index (χ4v) is 3.09. The highest BCUT2D eigenvalue weighted by Gasteiger charge is 2.35. The van der Waals surface area contributed by atoms with Crippen LogP contribution in [-0.4, -0.2) is 36.1 Å². The molecule has 2 fully saturated rings. The summed E-state index contributed by atoms with van der Waals surface area (Å²) in [4.78, 5) is 11.0. The Morgan fingerprint density at radius 2 is 1.88 bits per heavy atom. The molecule has 1 aromatic heterocycles. The summed E-state index contributed by atoms with van der Waals surface area (Å²) in [5, 5.41) is 3.55. The van der Waals surface area contributed by atoms with E-state index in [4.69, 9.17) is 0 Å². The van der Waals surface area contributed by atoms with E-state index >= 15 is 0 Å². The first-order chi connectivity index (χ1) is 8.38. The maximum atomic E-state index is 4.34. The first kappa shape index (κ1) is 11.0. The zero-order chi connectivity index (χ0) is 11.6. The Labute approximate surface area is 102 Å². The highest BCUT2D eigenvalue weighted by Crippen LogP contribution is 2.37. The van der Waals surface area contributed by atoms with Crippen molar-refractivity contribution in [1.82, 2.24) is 15.3 Å². The van der Waals surface area contributed by atoms with Crippen LogP contribution in [0.2, 0.25) is 0 Å². The Hall–Kier alpha value is -1.16. The summed E-state index contributed by atoms with van der Waals surface area (Å²) in [7, 11) is 0. The monoisotopic (exact) mass is 232 g/mol. The Bertz CT molecular complexity index is 349. The van der Waals surface area contributed by atoms with E-state index in [0.717, 1.165) is 19.0 Å². The van der Waals surface area contributed by atoms with Crippen molar-refractivity contribution < 1.29 is 0 Å². The molecule has 0 amide bonds. The summed E-state index contributed by atoms with van der Waals surface area (Å²) in [5.41, 5.74) is 0.559. The van der Waals surface area contributed by atoms with Gasteiger partial charge in [-0.25, -0.2) is 9.97 Å². The quantitative estimate of drug-likeness (QED) is 0.795. The number of nitrogens with one attached hydrogen (secondary N) is 1. The van der Waals surface area contributed by atoms with Crippen molar-refractivity contribution in [3.05, 3.63) is 18.5 Å². The lowest BCUT2D eigenvalue weighted by atomic mass is 9.73. The van der Waals surface area contributed by atoms with Gasteiger partial charge in [0.1, 0.15) is 0 Å². The van der Waals surface area contributed by atoms with Gasteiger partial charge >= 0.3 is 0 Å². The van der Waals surface area contributed by atoms with Crippen molar-refractivity contribution in [3.63, 3.8) is 0 Å². The number of hydrogen-bond acceptors (Lipinski definition) is 4. The molecule has 0 bridgehead atoms. The van der Waals surface area contributed by atoms with Crippen molar-refractivity contribution in [1.29, 1.82) is 0 Å². The van der Waals surface area contributed by atoms with Gasteiger partial charge in [-0.2, -0.15) is 0 Å². The Balaban J connectivity index is 1.64. The standard InChI is InChI=1S/C13H20N4/c1-3-13(11-14-6-1)4-9-17(10-5-13)12-15-7-2-8-16-12/h2,7-8,14H,1,3-6,9-11H2. The van der Waals surface area contributed by atoms with Crippen LogP contribution in [0.1, 0.15) is 25.7 Å². The van der Waals surface area contributed by atoms with Crippen molar-refractivity contribution >= 4 is 5.95 Å². The highest BCUT2D eigenvalue weighted by atomic mass is 15.2. The van der Waals surface area contributed by atoms with Gasteiger partial charge in [-0.3, -0.25) is 0 Å². The number of hydrogen-bond donors (Lipinski definition) is 1. The van der Waals surface area contributed by atoms with Crippen LogP contribution in [0.15, 0.2) is 18.5 Å². The van der Waals surface area contributed by atoms with Crippen molar-refractivity contribution in [2.24, 2.45) is 5.41 Å². The van der Waals surface area contributed by atoms with Crippen LogP contribution in [0.3, 0.4) is 0 Å². The van der Waals surface area contributed by atoms with Gasteiger partial charge in [-0.1, -0.05) is 0 Å². The van der Waals surface area contributed by atoms with Gasteiger partial charge < -0.3 is 10.2 Å². The molecule has 2 aliphatic rings. The van der Waals surface area contributed by atoms with Gasteiger partial charge in [0, 0.05) is 32.0 Å². The molecule has 1 spiro atoms.